The Morgan fingerprint density at radius 1 is 1.33 bits per heavy atom. The molecule has 0 saturated heterocycles. The highest BCUT2D eigenvalue weighted by molar-refractivity contribution is 6.30. The van der Waals surface area contributed by atoms with E-state index in [1.54, 1.807) is 13.0 Å². The Kier molecular flexibility index (Phi) is 2.87. The second kappa shape index (κ2) is 3.72. The molecule has 0 aromatic heterocycles. The van der Waals surface area contributed by atoms with Gasteiger partial charge in [-0.25, -0.2) is 0 Å². The summed E-state index contributed by atoms with van der Waals surface area (Å²) in [5.41, 5.74) is 0.790. The maximum Gasteiger partial charge on any atom is 0.387 e. The number of rotatable bonds is 2. The van der Waals surface area contributed by atoms with Crippen LogP contribution in [0, 0.1) is 6.92 Å². The molecule has 0 heterocycles. The van der Waals surface area contributed by atoms with E-state index in [1.165, 1.54) is 12.1 Å². The van der Waals surface area contributed by atoms with E-state index < -0.39 is 6.61 Å². The zero-order valence-electron chi connectivity index (χ0n) is 6.35. The number of ether oxygens (including phenoxy) is 1. The van der Waals surface area contributed by atoms with E-state index in [4.69, 9.17) is 11.6 Å². The molecule has 0 atom stereocenters. The summed E-state index contributed by atoms with van der Waals surface area (Å²) >= 11 is 5.61. The third-order valence-electron chi connectivity index (χ3n) is 1.24. The average molecular weight is 193 g/mol. The molecular formula is C8H7ClF2O. The molecule has 0 aliphatic heterocycles. The largest absolute Gasteiger partial charge is 0.435 e. The maximum absolute atomic E-state index is 11.7. The summed E-state index contributed by atoms with van der Waals surface area (Å²) in [6.07, 6.45) is 0. The highest BCUT2D eigenvalue weighted by Gasteiger charge is 2.04. The number of hydrogen-bond donors (Lipinski definition) is 0. The molecule has 4 heteroatoms. The number of aryl methyl sites for hydroxylation is 1. The van der Waals surface area contributed by atoms with Gasteiger partial charge >= 0.3 is 6.61 Å². The second-order valence-corrected chi connectivity index (χ2v) is 2.78. The smallest absolute Gasteiger partial charge is 0.387 e. The van der Waals surface area contributed by atoms with E-state index >= 15 is 0 Å². The van der Waals surface area contributed by atoms with Gasteiger partial charge in [0.2, 0.25) is 0 Å². The van der Waals surface area contributed by atoms with Gasteiger partial charge in [0.15, 0.2) is 0 Å². The molecule has 0 aliphatic carbocycles. The number of hydrogen-bond acceptors (Lipinski definition) is 1. The molecular weight excluding hydrogens is 186 g/mol. The van der Waals surface area contributed by atoms with E-state index in [0.717, 1.165) is 5.56 Å². The van der Waals surface area contributed by atoms with Crippen molar-refractivity contribution < 1.29 is 13.5 Å². The fourth-order valence-corrected chi connectivity index (χ4v) is 1.15. The standard InChI is InChI=1S/C8H7ClF2O/c1-5-2-6(9)4-7(3-5)12-8(10)11/h2-4,8H,1H3. The Bertz CT molecular complexity index is 256. The van der Waals surface area contributed by atoms with Crippen molar-refractivity contribution in [3.8, 4) is 5.75 Å². The lowest BCUT2D eigenvalue weighted by Crippen LogP contribution is -2.01. The molecule has 0 radical (unpaired) electrons. The van der Waals surface area contributed by atoms with Crippen LogP contribution in [0.3, 0.4) is 0 Å². The van der Waals surface area contributed by atoms with Gasteiger partial charge in [0.25, 0.3) is 0 Å². The molecule has 1 rings (SSSR count). The summed E-state index contributed by atoms with van der Waals surface area (Å²) in [5, 5.41) is 0.394. The first-order chi connectivity index (χ1) is 5.58. The van der Waals surface area contributed by atoms with Gasteiger partial charge < -0.3 is 4.74 Å². The minimum Gasteiger partial charge on any atom is -0.435 e. The molecule has 0 bridgehead atoms. The lowest BCUT2D eigenvalue weighted by atomic mass is 10.2. The van der Waals surface area contributed by atoms with E-state index in [2.05, 4.69) is 4.74 Å². The molecule has 66 valence electrons. The van der Waals surface area contributed by atoms with Gasteiger partial charge in [0.1, 0.15) is 5.75 Å². The van der Waals surface area contributed by atoms with Crippen LogP contribution in [0.5, 0.6) is 5.75 Å². The molecule has 0 unspecified atom stereocenters. The van der Waals surface area contributed by atoms with Crippen molar-refractivity contribution in [2.75, 3.05) is 0 Å². The van der Waals surface area contributed by atoms with Crippen LogP contribution in [0.4, 0.5) is 8.78 Å². The van der Waals surface area contributed by atoms with Gasteiger partial charge in [-0.3, -0.25) is 0 Å². The Hall–Kier alpha value is -0.830. The molecule has 0 N–H and O–H groups in total. The molecule has 0 aliphatic rings. The molecule has 1 aromatic rings. The number of benzene rings is 1. The van der Waals surface area contributed by atoms with E-state index in [-0.39, 0.29) is 5.75 Å². The van der Waals surface area contributed by atoms with Crippen LogP contribution in [-0.4, -0.2) is 6.61 Å². The highest BCUT2D eigenvalue weighted by atomic mass is 35.5. The summed E-state index contributed by atoms with van der Waals surface area (Å²) in [7, 11) is 0. The van der Waals surface area contributed by atoms with Crippen molar-refractivity contribution in [1.29, 1.82) is 0 Å². The van der Waals surface area contributed by atoms with Crippen LogP contribution in [0.25, 0.3) is 0 Å². The molecule has 1 aromatic carbocycles. The lowest BCUT2D eigenvalue weighted by molar-refractivity contribution is -0.0498. The Balaban J connectivity index is 2.85. The van der Waals surface area contributed by atoms with Gasteiger partial charge in [-0.1, -0.05) is 11.6 Å². The Morgan fingerprint density at radius 3 is 2.50 bits per heavy atom. The summed E-state index contributed by atoms with van der Waals surface area (Å²) < 4.78 is 27.6. The molecule has 12 heavy (non-hydrogen) atoms. The molecule has 0 fully saturated rings. The monoisotopic (exact) mass is 192 g/mol. The van der Waals surface area contributed by atoms with Crippen LogP contribution >= 0.6 is 11.6 Å². The fraction of sp³-hybridized carbons (Fsp3) is 0.250. The number of alkyl halides is 2. The van der Waals surface area contributed by atoms with Crippen LogP contribution in [0.15, 0.2) is 18.2 Å². The molecule has 1 nitrogen and oxygen atoms in total. The summed E-state index contributed by atoms with van der Waals surface area (Å²) in [6, 6.07) is 4.51. The number of halogens is 3. The van der Waals surface area contributed by atoms with Crippen LogP contribution in [0.2, 0.25) is 5.02 Å². The third-order valence-corrected chi connectivity index (χ3v) is 1.46. The zero-order chi connectivity index (χ0) is 9.14. The Labute approximate surface area is 73.9 Å². The van der Waals surface area contributed by atoms with Crippen LogP contribution in [-0.2, 0) is 0 Å². The first kappa shape index (κ1) is 9.26. The normalized spacial score (nSPS) is 10.4. The van der Waals surface area contributed by atoms with Crippen molar-refractivity contribution in [2.24, 2.45) is 0 Å². The first-order valence-electron chi connectivity index (χ1n) is 3.30. The van der Waals surface area contributed by atoms with Crippen LogP contribution < -0.4 is 4.74 Å². The van der Waals surface area contributed by atoms with Crippen molar-refractivity contribution in [2.45, 2.75) is 13.5 Å². The van der Waals surface area contributed by atoms with E-state index in [0.29, 0.717) is 5.02 Å². The third kappa shape index (κ3) is 2.66. The topological polar surface area (TPSA) is 9.23 Å². The van der Waals surface area contributed by atoms with Crippen molar-refractivity contribution >= 4 is 11.6 Å². The predicted molar refractivity (Wildman–Crippen MR) is 42.8 cm³/mol. The van der Waals surface area contributed by atoms with Crippen molar-refractivity contribution in [3.63, 3.8) is 0 Å². The lowest BCUT2D eigenvalue weighted by Gasteiger charge is -2.05. The van der Waals surface area contributed by atoms with Gasteiger partial charge in [0, 0.05) is 5.02 Å². The van der Waals surface area contributed by atoms with Crippen LogP contribution in [0.1, 0.15) is 5.56 Å². The average Bonchev–Trinajstić information content (AvgIpc) is 1.81. The molecule has 0 spiro atoms. The van der Waals surface area contributed by atoms with Gasteiger partial charge in [-0.2, -0.15) is 8.78 Å². The van der Waals surface area contributed by atoms with Crippen molar-refractivity contribution in [3.05, 3.63) is 28.8 Å². The second-order valence-electron chi connectivity index (χ2n) is 2.34. The zero-order valence-corrected chi connectivity index (χ0v) is 7.11. The Morgan fingerprint density at radius 2 is 2.00 bits per heavy atom. The van der Waals surface area contributed by atoms with Gasteiger partial charge in [-0.15, -0.1) is 0 Å². The van der Waals surface area contributed by atoms with Gasteiger partial charge in [-0.05, 0) is 30.7 Å². The fourth-order valence-electron chi connectivity index (χ4n) is 0.874. The van der Waals surface area contributed by atoms with Gasteiger partial charge in [0.05, 0.1) is 0 Å². The summed E-state index contributed by atoms with van der Waals surface area (Å²) in [5.74, 6) is 0.0926. The van der Waals surface area contributed by atoms with E-state index in [1.807, 2.05) is 0 Å². The molecule has 0 saturated carbocycles. The predicted octanol–water partition coefficient (Wildman–Crippen LogP) is 3.25. The minimum atomic E-state index is -2.80. The highest BCUT2D eigenvalue weighted by Crippen LogP contribution is 2.21. The quantitative estimate of drug-likeness (QED) is 0.699. The SMILES string of the molecule is Cc1cc(Cl)cc(OC(F)F)c1. The molecule has 0 amide bonds. The summed E-state index contributed by atoms with van der Waals surface area (Å²) in [6.45, 7) is -1.05. The maximum atomic E-state index is 11.7. The van der Waals surface area contributed by atoms with E-state index in [9.17, 15) is 8.78 Å². The first-order valence-corrected chi connectivity index (χ1v) is 3.68. The minimum absolute atomic E-state index is 0.0926. The summed E-state index contributed by atoms with van der Waals surface area (Å²) in [4.78, 5) is 0. The van der Waals surface area contributed by atoms with Crippen molar-refractivity contribution in [1.82, 2.24) is 0 Å².